The third kappa shape index (κ3) is 3.72. The largest absolute Gasteiger partial charge is 0.458 e. The van der Waals surface area contributed by atoms with E-state index in [9.17, 15) is 14.7 Å². The third-order valence-electron chi connectivity index (χ3n) is 5.61. The zero-order valence-corrected chi connectivity index (χ0v) is 15.6. The van der Waals surface area contributed by atoms with Gasteiger partial charge < -0.3 is 24.4 Å². The van der Waals surface area contributed by atoms with Gasteiger partial charge in [0, 0.05) is 17.6 Å². The van der Waals surface area contributed by atoms with Crippen LogP contribution in [0.25, 0.3) is 0 Å². The highest BCUT2D eigenvalue weighted by molar-refractivity contribution is 5.91. The zero-order chi connectivity index (χ0) is 19.8. The summed E-state index contributed by atoms with van der Waals surface area (Å²) in [5.41, 5.74) is 0.812. The van der Waals surface area contributed by atoms with Crippen LogP contribution in [-0.2, 0) is 23.8 Å². The van der Waals surface area contributed by atoms with Crippen molar-refractivity contribution in [3.8, 4) is 0 Å². The predicted molar refractivity (Wildman–Crippen MR) is 95.5 cm³/mol. The first kappa shape index (κ1) is 19.8. The summed E-state index contributed by atoms with van der Waals surface area (Å²) < 4.78 is 17.0. The number of allylic oxidation sites excluding steroid dienone is 1. The van der Waals surface area contributed by atoms with Gasteiger partial charge in [-0.15, -0.1) is 0 Å². The van der Waals surface area contributed by atoms with E-state index in [1.165, 1.54) is 6.08 Å². The highest BCUT2D eigenvalue weighted by atomic mass is 16.7. The molecular weight excluding hydrogens is 352 g/mol. The summed E-state index contributed by atoms with van der Waals surface area (Å²) in [5.74, 6) is -1.64. The fourth-order valence-corrected chi connectivity index (χ4v) is 3.94. The summed E-state index contributed by atoms with van der Waals surface area (Å²) in [5, 5.41) is 18.8. The number of hydrogen-bond acceptors (Lipinski definition) is 7. The van der Waals surface area contributed by atoms with Crippen molar-refractivity contribution in [1.29, 1.82) is 0 Å². The Balaban J connectivity index is 1.93. The van der Waals surface area contributed by atoms with E-state index >= 15 is 0 Å². The summed E-state index contributed by atoms with van der Waals surface area (Å²) in [4.78, 5) is 24.6. The fraction of sp³-hybridized carbons (Fsp3) is 0.600. The van der Waals surface area contributed by atoms with E-state index in [1.807, 2.05) is 13.0 Å². The molecule has 0 amide bonds. The molecule has 27 heavy (non-hydrogen) atoms. The highest BCUT2D eigenvalue weighted by Crippen LogP contribution is 2.50. The molecule has 2 heterocycles. The lowest BCUT2D eigenvalue weighted by Crippen LogP contribution is -2.39. The van der Waals surface area contributed by atoms with E-state index in [0.29, 0.717) is 19.3 Å². The number of carbonyl (C=O) groups excluding carboxylic acids is 2. The molecule has 0 saturated carbocycles. The maximum atomic E-state index is 12.4. The molecule has 1 aliphatic carbocycles. The maximum Gasteiger partial charge on any atom is 0.334 e. The van der Waals surface area contributed by atoms with Crippen LogP contribution in [0.5, 0.6) is 0 Å². The minimum Gasteiger partial charge on any atom is -0.458 e. The van der Waals surface area contributed by atoms with Gasteiger partial charge in [0.2, 0.25) is 0 Å². The summed E-state index contributed by atoms with van der Waals surface area (Å²) in [6.07, 6.45) is 3.43. The van der Waals surface area contributed by atoms with Crippen molar-refractivity contribution in [3.05, 3.63) is 35.5 Å². The number of aliphatic hydroxyl groups is 2. The average molecular weight is 378 g/mol. The van der Waals surface area contributed by atoms with Crippen molar-refractivity contribution in [2.75, 3.05) is 13.2 Å². The van der Waals surface area contributed by atoms with Gasteiger partial charge in [0.15, 0.2) is 0 Å². The van der Waals surface area contributed by atoms with Gasteiger partial charge in [0.05, 0.1) is 19.1 Å². The van der Waals surface area contributed by atoms with Crippen LogP contribution in [0, 0.1) is 5.92 Å². The molecule has 2 saturated heterocycles. The van der Waals surface area contributed by atoms with Crippen LogP contribution in [-0.4, -0.2) is 59.3 Å². The molecule has 3 aliphatic rings. The highest BCUT2D eigenvalue weighted by Gasteiger charge is 2.65. The van der Waals surface area contributed by atoms with Crippen LogP contribution in [0.15, 0.2) is 35.5 Å². The molecule has 0 radical (unpaired) electrons. The number of rotatable bonds is 4. The number of carbonyl (C=O) groups is 2. The molecule has 5 atom stereocenters. The van der Waals surface area contributed by atoms with Crippen molar-refractivity contribution < 1.29 is 34.0 Å². The number of aliphatic hydroxyl groups excluding tert-OH is 2. The van der Waals surface area contributed by atoms with Gasteiger partial charge in [-0.05, 0) is 32.8 Å². The van der Waals surface area contributed by atoms with Gasteiger partial charge in [-0.1, -0.05) is 18.2 Å². The van der Waals surface area contributed by atoms with Crippen LogP contribution < -0.4 is 0 Å². The summed E-state index contributed by atoms with van der Waals surface area (Å²) in [6, 6.07) is 0. The molecule has 148 valence electrons. The molecule has 2 fully saturated rings. The van der Waals surface area contributed by atoms with E-state index in [2.05, 4.69) is 6.58 Å². The van der Waals surface area contributed by atoms with E-state index < -0.39 is 41.8 Å². The Morgan fingerprint density at radius 3 is 2.89 bits per heavy atom. The molecule has 1 unspecified atom stereocenters. The second-order valence-corrected chi connectivity index (χ2v) is 7.49. The minimum atomic E-state index is -0.733. The molecular formula is C20H26O7. The smallest absolute Gasteiger partial charge is 0.334 e. The van der Waals surface area contributed by atoms with Gasteiger partial charge in [-0.2, -0.15) is 0 Å². The molecule has 2 N–H and O–H groups in total. The molecule has 3 rings (SSSR count). The molecule has 0 aromatic carbocycles. The van der Waals surface area contributed by atoms with Crippen molar-refractivity contribution in [3.63, 3.8) is 0 Å². The van der Waals surface area contributed by atoms with Crippen LogP contribution in [0.2, 0.25) is 0 Å². The van der Waals surface area contributed by atoms with E-state index in [0.717, 1.165) is 5.57 Å². The number of esters is 2. The van der Waals surface area contributed by atoms with Gasteiger partial charge in [-0.3, -0.25) is 0 Å². The minimum absolute atomic E-state index is 0.166. The Hall–Kier alpha value is -1.96. The van der Waals surface area contributed by atoms with Gasteiger partial charge in [0.1, 0.15) is 23.9 Å². The van der Waals surface area contributed by atoms with E-state index in [-0.39, 0.29) is 24.4 Å². The second-order valence-electron chi connectivity index (χ2n) is 7.49. The molecule has 7 heteroatoms. The summed E-state index contributed by atoms with van der Waals surface area (Å²) in [6.45, 7) is 6.92. The Morgan fingerprint density at radius 1 is 1.48 bits per heavy atom. The van der Waals surface area contributed by atoms with Crippen LogP contribution in [0.3, 0.4) is 0 Å². The number of ether oxygens (including phenoxy) is 3. The molecule has 0 aromatic heterocycles. The molecule has 0 spiro atoms. The fourth-order valence-electron chi connectivity index (χ4n) is 3.94. The lowest BCUT2D eigenvalue weighted by Gasteiger charge is -2.28. The van der Waals surface area contributed by atoms with Crippen LogP contribution >= 0.6 is 0 Å². The first-order chi connectivity index (χ1) is 12.8. The SMILES string of the molecule is C=C1C(=O)OC2[C@H]3O[C@]3(CO)CC/C=C(\C)C[C@@H](OC(=O)/C(C)=C/CO)[C@@H]12. The average Bonchev–Trinajstić information content (AvgIpc) is 3.27. The van der Waals surface area contributed by atoms with Crippen molar-refractivity contribution >= 4 is 11.9 Å². The molecule has 0 bridgehead atoms. The number of epoxide rings is 1. The lowest BCUT2D eigenvalue weighted by molar-refractivity contribution is -0.148. The number of fused-ring (bicyclic) bond motifs is 3. The Labute approximate surface area is 158 Å². The van der Waals surface area contributed by atoms with E-state index in [4.69, 9.17) is 19.3 Å². The topological polar surface area (TPSA) is 106 Å². The Kier molecular flexibility index (Phi) is 5.55. The van der Waals surface area contributed by atoms with Crippen molar-refractivity contribution in [2.45, 2.75) is 57.0 Å². The Bertz CT molecular complexity index is 707. The van der Waals surface area contributed by atoms with E-state index in [1.54, 1.807) is 6.92 Å². The van der Waals surface area contributed by atoms with Crippen LogP contribution in [0.4, 0.5) is 0 Å². The molecule has 7 nitrogen and oxygen atoms in total. The normalized spacial score (nSPS) is 38.2. The predicted octanol–water partition coefficient (Wildman–Crippen LogP) is 1.19. The van der Waals surface area contributed by atoms with Gasteiger partial charge in [-0.25, -0.2) is 9.59 Å². The third-order valence-corrected chi connectivity index (χ3v) is 5.61. The summed E-state index contributed by atoms with van der Waals surface area (Å²) in [7, 11) is 0. The second kappa shape index (κ2) is 7.58. The lowest BCUT2D eigenvalue weighted by atomic mass is 9.81. The molecule has 0 aromatic rings. The molecule has 2 aliphatic heterocycles. The summed E-state index contributed by atoms with van der Waals surface area (Å²) >= 11 is 0. The first-order valence-corrected chi connectivity index (χ1v) is 9.15. The standard InChI is InChI=1S/C20H26O7/c1-11-5-4-7-20(10-22)17(27-20)16-15(13(3)19(24)26-16)14(9-11)25-18(23)12(2)6-8-21/h5-6,14-17,21-22H,3-4,7-10H2,1-2H3/b11-5+,12-6+/t14-,15-,16?,17-,20+/m1/s1. The quantitative estimate of drug-likeness (QED) is 0.328. The maximum absolute atomic E-state index is 12.4. The van der Waals surface area contributed by atoms with Crippen LogP contribution in [0.1, 0.15) is 33.1 Å². The Morgan fingerprint density at radius 2 is 2.22 bits per heavy atom. The number of hydrogen-bond donors (Lipinski definition) is 2. The van der Waals surface area contributed by atoms with Crippen molar-refractivity contribution in [2.24, 2.45) is 5.92 Å². The monoisotopic (exact) mass is 378 g/mol. The first-order valence-electron chi connectivity index (χ1n) is 9.15. The zero-order valence-electron chi connectivity index (χ0n) is 15.6. The van der Waals surface area contributed by atoms with Gasteiger partial charge in [0.25, 0.3) is 0 Å². The van der Waals surface area contributed by atoms with Crippen molar-refractivity contribution in [1.82, 2.24) is 0 Å². The van der Waals surface area contributed by atoms with Gasteiger partial charge >= 0.3 is 11.9 Å².